The van der Waals surface area contributed by atoms with Crippen LogP contribution in [-0.2, 0) is 6.54 Å². The summed E-state index contributed by atoms with van der Waals surface area (Å²) in [6.07, 6.45) is 1.35. The molecule has 52 heavy (non-hydrogen) atoms. The Morgan fingerprint density at radius 2 is 1.06 bits per heavy atom. The molecule has 8 aromatic carbocycles. The predicted octanol–water partition coefficient (Wildman–Crippen LogP) is 11.2. The van der Waals surface area contributed by atoms with Gasteiger partial charge in [-0.25, -0.2) is 4.99 Å². The zero-order valence-electron chi connectivity index (χ0n) is 28.6. The maximum atomic E-state index is 7.78. The number of hydrogen-bond donors (Lipinski definition) is 2. The van der Waals surface area contributed by atoms with Crippen LogP contribution >= 0.6 is 0 Å². The van der Waals surface area contributed by atoms with Gasteiger partial charge in [-0.3, -0.25) is 4.99 Å². The van der Waals surface area contributed by atoms with Gasteiger partial charge in [-0.1, -0.05) is 170 Å². The Morgan fingerprint density at radius 1 is 0.538 bits per heavy atom. The van der Waals surface area contributed by atoms with Crippen LogP contribution in [0.15, 0.2) is 186 Å². The highest BCUT2D eigenvalue weighted by molar-refractivity contribution is 6.25. The number of amidine groups is 2. The van der Waals surface area contributed by atoms with Crippen molar-refractivity contribution in [1.29, 1.82) is 5.41 Å². The summed E-state index contributed by atoms with van der Waals surface area (Å²) in [6, 6.07) is 58.3. The molecule has 0 unspecified atom stereocenters. The molecule has 0 heterocycles. The second-order valence-corrected chi connectivity index (χ2v) is 12.8. The van der Waals surface area contributed by atoms with Crippen LogP contribution in [0.25, 0.3) is 49.0 Å². The fourth-order valence-corrected chi connectivity index (χ4v) is 6.91. The summed E-state index contributed by atoms with van der Waals surface area (Å²) in [6.45, 7) is 4.78. The minimum absolute atomic E-state index is 0.376. The predicted molar refractivity (Wildman–Crippen MR) is 221 cm³/mol. The van der Waals surface area contributed by atoms with Gasteiger partial charge in [0.2, 0.25) is 0 Å². The molecule has 0 amide bonds. The SMILES string of the molecule is C=C(c1ccc(C(N)=NC(=NCc2ccccc2)c2ccc(-c3ccc4c5ccccc5c5ccccc5c4c3)cc2)cc1)c1ccccc1C=N. The van der Waals surface area contributed by atoms with Gasteiger partial charge in [0.1, 0.15) is 5.84 Å². The maximum absolute atomic E-state index is 7.78. The highest BCUT2D eigenvalue weighted by atomic mass is 15.0. The standard InChI is InChI=1S/C48H36N4/c1-32(40-14-6-5-13-39(40)30-49)34-19-23-36(24-20-34)47(50)52-48(51-31-33-11-3-2-4-12-33)37-25-21-35(22-26-37)38-27-28-45-43-17-8-7-15-41(43)42-16-9-10-18-44(42)46(45)29-38/h2-30,49H,1,31H2,(H2,50,51,52). The fraction of sp³-hybridized carbons (Fsp3) is 0.0208. The van der Waals surface area contributed by atoms with Crippen molar-refractivity contribution in [2.24, 2.45) is 15.7 Å². The molecular weight excluding hydrogens is 633 g/mol. The van der Waals surface area contributed by atoms with E-state index in [-0.39, 0.29) is 0 Å². The van der Waals surface area contributed by atoms with Crippen LogP contribution in [0, 0.1) is 5.41 Å². The lowest BCUT2D eigenvalue weighted by atomic mass is 9.92. The molecule has 0 aliphatic carbocycles. The number of nitrogens with two attached hydrogens (primary N) is 1. The van der Waals surface area contributed by atoms with Crippen molar-refractivity contribution >= 4 is 55.8 Å². The average molecular weight is 669 g/mol. The minimum Gasteiger partial charge on any atom is -0.383 e. The largest absolute Gasteiger partial charge is 0.383 e. The van der Waals surface area contributed by atoms with Crippen molar-refractivity contribution in [1.82, 2.24) is 0 Å². The first-order valence-electron chi connectivity index (χ1n) is 17.3. The van der Waals surface area contributed by atoms with Gasteiger partial charge >= 0.3 is 0 Å². The van der Waals surface area contributed by atoms with Crippen molar-refractivity contribution in [2.75, 3.05) is 0 Å². The molecule has 0 aliphatic rings. The molecule has 4 heteroatoms. The number of nitrogens with one attached hydrogen (secondary N) is 1. The monoisotopic (exact) mass is 668 g/mol. The van der Waals surface area contributed by atoms with Gasteiger partial charge in [-0.2, -0.15) is 0 Å². The molecule has 0 aliphatic heterocycles. The number of benzene rings is 8. The van der Waals surface area contributed by atoms with Crippen LogP contribution in [0.4, 0.5) is 0 Å². The van der Waals surface area contributed by atoms with E-state index >= 15 is 0 Å². The number of nitrogens with zero attached hydrogens (tertiary/aromatic N) is 2. The minimum atomic E-state index is 0.376. The summed E-state index contributed by atoms with van der Waals surface area (Å²) in [4.78, 5) is 9.85. The van der Waals surface area contributed by atoms with Crippen LogP contribution in [0.5, 0.6) is 0 Å². The Morgan fingerprint density at radius 3 is 1.71 bits per heavy atom. The van der Waals surface area contributed by atoms with E-state index in [1.807, 2.05) is 66.7 Å². The fourth-order valence-electron chi connectivity index (χ4n) is 6.91. The summed E-state index contributed by atoms with van der Waals surface area (Å²) in [5.41, 5.74) is 15.2. The number of aliphatic imine (C=N–C) groups is 2. The van der Waals surface area contributed by atoms with Crippen molar-refractivity contribution in [3.8, 4) is 11.1 Å². The van der Waals surface area contributed by atoms with E-state index in [4.69, 9.17) is 21.1 Å². The lowest BCUT2D eigenvalue weighted by Crippen LogP contribution is -2.16. The molecule has 248 valence electrons. The molecule has 8 rings (SSSR count). The summed E-state index contributed by atoms with van der Waals surface area (Å²) in [5, 5.41) is 15.3. The van der Waals surface area contributed by atoms with E-state index in [0.717, 1.165) is 50.1 Å². The van der Waals surface area contributed by atoms with E-state index in [1.165, 1.54) is 38.5 Å². The zero-order valence-corrected chi connectivity index (χ0v) is 28.6. The molecule has 0 aromatic heterocycles. The van der Waals surface area contributed by atoms with Crippen molar-refractivity contribution < 1.29 is 0 Å². The van der Waals surface area contributed by atoms with Gasteiger partial charge in [0.25, 0.3) is 0 Å². The molecule has 0 fully saturated rings. The lowest BCUT2D eigenvalue weighted by molar-refractivity contribution is 1.06. The van der Waals surface area contributed by atoms with E-state index < -0.39 is 0 Å². The summed E-state index contributed by atoms with van der Waals surface area (Å²) < 4.78 is 0. The number of hydrogen-bond acceptors (Lipinski definition) is 2. The second kappa shape index (κ2) is 14.1. The third kappa shape index (κ3) is 6.30. The number of fused-ring (bicyclic) bond motifs is 6. The van der Waals surface area contributed by atoms with Gasteiger partial charge in [0.15, 0.2) is 5.84 Å². The third-order valence-corrected chi connectivity index (χ3v) is 9.67. The van der Waals surface area contributed by atoms with Crippen LogP contribution in [0.1, 0.15) is 33.4 Å². The summed E-state index contributed by atoms with van der Waals surface area (Å²) in [5.74, 6) is 0.943. The van der Waals surface area contributed by atoms with E-state index in [2.05, 4.69) is 110 Å². The highest BCUT2D eigenvalue weighted by Gasteiger charge is 2.12. The van der Waals surface area contributed by atoms with E-state index in [1.54, 1.807) is 0 Å². The molecule has 3 N–H and O–H groups in total. The van der Waals surface area contributed by atoms with E-state index in [0.29, 0.717) is 18.2 Å². The first kappa shape index (κ1) is 32.3. The highest BCUT2D eigenvalue weighted by Crippen LogP contribution is 2.37. The normalized spacial score (nSPS) is 12.0. The van der Waals surface area contributed by atoms with Crippen molar-refractivity contribution in [2.45, 2.75) is 6.54 Å². The van der Waals surface area contributed by atoms with Gasteiger partial charge in [0.05, 0.1) is 6.54 Å². The Kier molecular flexibility index (Phi) is 8.78. The van der Waals surface area contributed by atoms with Crippen molar-refractivity contribution in [3.05, 3.63) is 210 Å². The quantitative estimate of drug-likeness (QED) is 0.0944. The molecule has 4 nitrogen and oxygen atoms in total. The summed E-state index contributed by atoms with van der Waals surface area (Å²) in [7, 11) is 0. The molecule has 0 atom stereocenters. The lowest BCUT2D eigenvalue weighted by Gasteiger charge is -2.12. The summed E-state index contributed by atoms with van der Waals surface area (Å²) >= 11 is 0. The van der Waals surface area contributed by atoms with Gasteiger partial charge in [-0.15, -0.1) is 0 Å². The number of rotatable bonds is 8. The van der Waals surface area contributed by atoms with E-state index in [9.17, 15) is 0 Å². The molecule has 8 aromatic rings. The zero-order chi connectivity index (χ0) is 35.4. The Balaban J connectivity index is 1.12. The molecule has 0 saturated carbocycles. The molecule has 0 saturated heterocycles. The first-order valence-corrected chi connectivity index (χ1v) is 17.3. The van der Waals surface area contributed by atoms with Gasteiger partial charge in [-0.05, 0) is 77.3 Å². The smallest absolute Gasteiger partial charge is 0.157 e. The first-order chi connectivity index (χ1) is 25.6. The maximum Gasteiger partial charge on any atom is 0.157 e. The van der Waals surface area contributed by atoms with Gasteiger partial charge in [0, 0.05) is 17.3 Å². The topological polar surface area (TPSA) is 74.6 Å². The molecule has 0 bridgehead atoms. The Labute approximate surface area is 303 Å². The third-order valence-electron chi connectivity index (χ3n) is 9.67. The van der Waals surface area contributed by atoms with Crippen LogP contribution in [0.2, 0.25) is 0 Å². The van der Waals surface area contributed by atoms with Crippen molar-refractivity contribution in [3.63, 3.8) is 0 Å². The molecular formula is C48H36N4. The average Bonchev–Trinajstić information content (AvgIpc) is 3.22. The molecule has 0 spiro atoms. The van der Waals surface area contributed by atoms with Crippen LogP contribution in [-0.4, -0.2) is 17.9 Å². The molecule has 0 radical (unpaired) electrons. The van der Waals surface area contributed by atoms with Crippen LogP contribution < -0.4 is 5.73 Å². The van der Waals surface area contributed by atoms with Gasteiger partial charge < -0.3 is 11.1 Å². The van der Waals surface area contributed by atoms with Crippen LogP contribution in [0.3, 0.4) is 0 Å². The Hall–Kier alpha value is -6.91. The Bertz CT molecular complexity index is 2630. The second-order valence-electron chi connectivity index (χ2n) is 12.8.